The Balaban J connectivity index is 1.69. The van der Waals surface area contributed by atoms with E-state index in [0.717, 1.165) is 5.01 Å². The van der Waals surface area contributed by atoms with Gasteiger partial charge in [0.05, 0.1) is 10.6 Å². The van der Waals surface area contributed by atoms with Gasteiger partial charge < -0.3 is 0 Å². The smallest absolute Gasteiger partial charge is 0.264 e. The monoisotopic (exact) mass is 399 g/mol. The number of para-hydroxylation sites is 1. The number of aryl methyl sites for hydroxylation is 1. The van der Waals surface area contributed by atoms with E-state index in [9.17, 15) is 8.42 Å². The summed E-state index contributed by atoms with van der Waals surface area (Å²) in [5.41, 5.74) is 0.608. The molecule has 0 amide bonds. The fourth-order valence-corrected chi connectivity index (χ4v) is 5.00. The number of benzene rings is 2. The molecule has 2 heterocycles. The minimum absolute atomic E-state index is 0.235. The number of anilines is 1. The number of fused-ring (bicyclic) bond motifs is 1. The molecular formula is C18H17N5O2S2. The maximum Gasteiger partial charge on any atom is 0.264 e. The van der Waals surface area contributed by atoms with Crippen LogP contribution in [-0.2, 0) is 16.4 Å². The predicted octanol–water partition coefficient (Wildman–Crippen LogP) is 2.93. The second-order valence-electron chi connectivity index (χ2n) is 5.91. The van der Waals surface area contributed by atoms with E-state index in [0.29, 0.717) is 22.9 Å². The first kappa shape index (κ1) is 17.6. The summed E-state index contributed by atoms with van der Waals surface area (Å²) >= 11 is 1.45. The van der Waals surface area contributed by atoms with Gasteiger partial charge in [0.15, 0.2) is 5.82 Å². The average Bonchev–Trinajstić information content (AvgIpc) is 3.23. The molecule has 0 saturated heterocycles. The molecule has 0 aliphatic carbocycles. The van der Waals surface area contributed by atoms with Gasteiger partial charge in [-0.2, -0.15) is 9.61 Å². The Bertz CT molecular complexity index is 1150. The normalized spacial score (nSPS) is 11.7. The lowest BCUT2D eigenvalue weighted by molar-refractivity contribution is 0.589. The zero-order valence-electron chi connectivity index (χ0n) is 14.6. The molecule has 0 bridgehead atoms. The van der Waals surface area contributed by atoms with Crippen LogP contribution >= 0.6 is 11.3 Å². The SMILES string of the molecule is Cc1nn2c(CCN(c3ccccc3)S(=O)(=O)c3ccccc3)nnc2s1. The molecular weight excluding hydrogens is 382 g/mol. The molecule has 4 rings (SSSR count). The van der Waals surface area contributed by atoms with Crippen LogP contribution in [0.2, 0.25) is 0 Å². The van der Waals surface area contributed by atoms with Crippen molar-refractivity contribution in [3.8, 4) is 0 Å². The van der Waals surface area contributed by atoms with Crippen LogP contribution in [0.15, 0.2) is 65.6 Å². The van der Waals surface area contributed by atoms with Crippen molar-refractivity contribution < 1.29 is 8.42 Å². The maximum absolute atomic E-state index is 13.2. The highest BCUT2D eigenvalue weighted by Gasteiger charge is 2.25. The van der Waals surface area contributed by atoms with E-state index in [1.165, 1.54) is 15.6 Å². The molecule has 0 fully saturated rings. The third-order valence-corrected chi connectivity index (χ3v) is 6.73. The van der Waals surface area contributed by atoms with Gasteiger partial charge in [0.1, 0.15) is 5.01 Å². The second kappa shape index (κ2) is 7.09. The van der Waals surface area contributed by atoms with Gasteiger partial charge in [-0.05, 0) is 31.2 Å². The molecule has 0 atom stereocenters. The lowest BCUT2D eigenvalue weighted by atomic mass is 10.3. The highest BCUT2D eigenvalue weighted by Crippen LogP contribution is 2.24. The van der Waals surface area contributed by atoms with Crippen molar-refractivity contribution in [1.29, 1.82) is 0 Å². The zero-order valence-corrected chi connectivity index (χ0v) is 16.2. The van der Waals surface area contributed by atoms with Gasteiger partial charge >= 0.3 is 0 Å². The predicted molar refractivity (Wildman–Crippen MR) is 105 cm³/mol. The van der Waals surface area contributed by atoms with Crippen molar-refractivity contribution in [3.05, 3.63) is 71.5 Å². The topological polar surface area (TPSA) is 80.5 Å². The molecule has 138 valence electrons. The number of hydrogen-bond acceptors (Lipinski definition) is 6. The number of nitrogens with zero attached hydrogens (tertiary/aromatic N) is 5. The van der Waals surface area contributed by atoms with Gasteiger partial charge in [0.2, 0.25) is 4.96 Å². The zero-order chi connectivity index (χ0) is 18.9. The van der Waals surface area contributed by atoms with Crippen LogP contribution in [0.4, 0.5) is 5.69 Å². The lowest BCUT2D eigenvalue weighted by Gasteiger charge is -2.24. The number of sulfonamides is 1. The Kier molecular flexibility index (Phi) is 4.63. The van der Waals surface area contributed by atoms with E-state index >= 15 is 0 Å². The van der Waals surface area contributed by atoms with Crippen molar-refractivity contribution in [2.24, 2.45) is 0 Å². The van der Waals surface area contributed by atoms with E-state index in [-0.39, 0.29) is 11.4 Å². The Labute approximate surface area is 161 Å². The standard InChI is InChI=1S/C18H17N5O2S2/c1-14-21-23-17(19-20-18(23)26-14)12-13-22(15-8-4-2-5-9-15)27(24,25)16-10-6-3-7-11-16/h2-11H,12-13H2,1H3. The fourth-order valence-electron chi connectivity index (χ4n) is 2.81. The van der Waals surface area contributed by atoms with Crippen LogP contribution in [0, 0.1) is 6.92 Å². The van der Waals surface area contributed by atoms with Crippen LogP contribution in [-0.4, -0.2) is 34.8 Å². The van der Waals surface area contributed by atoms with Crippen LogP contribution in [0.3, 0.4) is 0 Å². The molecule has 0 radical (unpaired) electrons. The molecule has 0 N–H and O–H groups in total. The Hall–Kier alpha value is -2.78. The summed E-state index contributed by atoms with van der Waals surface area (Å²) < 4.78 is 29.5. The van der Waals surface area contributed by atoms with Gasteiger partial charge in [0.25, 0.3) is 10.0 Å². The van der Waals surface area contributed by atoms with Crippen LogP contribution in [0.25, 0.3) is 4.96 Å². The molecule has 9 heteroatoms. The highest BCUT2D eigenvalue weighted by molar-refractivity contribution is 7.92. The average molecular weight is 400 g/mol. The summed E-state index contributed by atoms with van der Waals surface area (Å²) in [7, 11) is -3.70. The summed E-state index contributed by atoms with van der Waals surface area (Å²) in [6, 6.07) is 17.5. The van der Waals surface area contributed by atoms with Crippen molar-refractivity contribution >= 4 is 32.0 Å². The van der Waals surface area contributed by atoms with Gasteiger partial charge in [0, 0.05) is 13.0 Å². The first-order chi connectivity index (χ1) is 13.1. The minimum atomic E-state index is -3.70. The number of rotatable bonds is 6. The summed E-state index contributed by atoms with van der Waals surface area (Å²) in [5, 5.41) is 13.5. The van der Waals surface area contributed by atoms with E-state index in [1.807, 2.05) is 25.1 Å². The van der Waals surface area contributed by atoms with Crippen LogP contribution < -0.4 is 4.31 Å². The van der Waals surface area contributed by atoms with Crippen LogP contribution in [0.1, 0.15) is 10.8 Å². The van der Waals surface area contributed by atoms with Gasteiger partial charge in [-0.1, -0.05) is 47.7 Å². The number of hydrogen-bond donors (Lipinski definition) is 0. The van der Waals surface area contributed by atoms with Crippen LogP contribution in [0.5, 0.6) is 0 Å². The van der Waals surface area contributed by atoms with E-state index < -0.39 is 10.0 Å². The lowest BCUT2D eigenvalue weighted by Crippen LogP contribution is -2.33. The first-order valence-electron chi connectivity index (χ1n) is 8.36. The molecule has 0 aliphatic heterocycles. The van der Waals surface area contributed by atoms with Gasteiger partial charge in [-0.15, -0.1) is 10.2 Å². The van der Waals surface area contributed by atoms with Crippen molar-refractivity contribution in [3.63, 3.8) is 0 Å². The van der Waals surface area contributed by atoms with E-state index in [2.05, 4.69) is 15.3 Å². The summed E-state index contributed by atoms with van der Waals surface area (Å²) in [6.45, 7) is 2.14. The molecule has 27 heavy (non-hydrogen) atoms. The Morgan fingerprint density at radius 1 is 1.00 bits per heavy atom. The van der Waals surface area contributed by atoms with E-state index in [4.69, 9.17) is 0 Å². The van der Waals surface area contributed by atoms with Gasteiger partial charge in [-0.25, -0.2) is 8.42 Å². The molecule has 0 spiro atoms. The number of aromatic nitrogens is 4. The largest absolute Gasteiger partial charge is 0.266 e. The quantitative estimate of drug-likeness (QED) is 0.498. The second-order valence-corrected chi connectivity index (χ2v) is 8.93. The molecule has 0 saturated carbocycles. The van der Waals surface area contributed by atoms with Gasteiger partial charge in [-0.3, -0.25) is 4.31 Å². The molecule has 0 unspecified atom stereocenters. The Morgan fingerprint density at radius 2 is 1.67 bits per heavy atom. The van der Waals surface area contributed by atoms with Crippen molar-refractivity contribution in [1.82, 2.24) is 19.8 Å². The fraction of sp³-hybridized carbons (Fsp3) is 0.167. The third-order valence-electron chi connectivity index (χ3n) is 4.07. The molecule has 2 aromatic heterocycles. The summed E-state index contributed by atoms with van der Waals surface area (Å²) in [6.07, 6.45) is 0.394. The highest BCUT2D eigenvalue weighted by atomic mass is 32.2. The molecule has 2 aromatic carbocycles. The molecule has 4 aromatic rings. The Morgan fingerprint density at radius 3 is 2.37 bits per heavy atom. The minimum Gasteiger partial charge on any atom is -0.266 e. The van der Waals surface area contributed by atoms with Crippen molar-refractivity contribution in [2.45, 2.75) is 18.2 Å². The third kappa shape index (κ3) is 3.43. The summed E-state index contributed by atoms with van der Waals surface area (Å²) in [5.74, 6) is 0.638. The van der Waals surface area contributed by atoms with E-state index in [1.54, 1.807) is 47.0 Å². The first-order valence-corrected chi connectivity index (χ1v) is 10.6. The van der Waals surface area contributed by atoms with Crippen molar-refractivity contribution in [2.75, 3.05) is 10.8 Å². The molecule has 0 aliphatic rings. The molecule has 7 nitrogen and oxygen atoms in total. The summed E-state index contributed by atoms with van der Waals surface area (Å²) in [4.78, 5) is 0.962. The maximum atomic E-state index is 13.2.